The van der Waals surface area contributed by atoms with E-state index in [-0.39, 0.29) is 5.41 Å². The van der Waals surface area contributed by atoms with Crippen LogP contribution in [-0.4, -0.2) is 4.57 Å². The lowest BCUT2D eigenvalue weighted by molar-refractivity contribution is 0.256. The molecule has 1 nitrogen and oxygen atoms in total. The maximum Gasteiger partial charge on any atom is 0.0719 e. The second-order valence-corrected chi connectivity index (χ2v) is 17.0. The Bertz CT molecular complexity index is 3010. The van der Waals surface area contributed by atoms with Crippen LogP contribution in [0.1, 0.15) is 76.1 Å². The van der Waals surface area contributed by atoms with E-state index >= 15 is 0 Å². The number of para-hydroxylation sites is 2. The molecule has 13 rings (SSSR count). The fourth-order valence-corrected chi connectivity index (χ4v) is 12.7. The van der Waals surface area contributed by atoms with Crippen molar-refractivity contribution in [3.8, 4) is 27.9 Å². The summed E-state index contributed by atoms with van der Waals surface area (Å²) in [7, 11) is 0. The first-order chi connectivity index (χ1) is 28.3. The number of fused-ring (bicyclic) bond motifs is 19. The van der Waals surface area contributed by atoms with Gasteiger partial charge in [0, 0.05) is 21.9 Å². The highest BCUT2D eigenvalue weighted by molar-refractivity contribution is 6.09. The van der Waals surface area contributed by atoms with Crippen molar-refractivity contribution in [3.63, 3.8) is 0 Å². The summed E-state index contributed by atoms with van der Waals surface area (Å²) < 4.78 is 2.42. The van der Waals surface area contributed by atoms with E-state index in [1.165, 1.54) is 114 Å². The van der Waals surface area contributed by atoms with Gasteiger partial charge in [-0.25, -0.2) is 0 Å². The Morgan fingerprint density at radius 1 is 0.404 bits per heavy atom. The minimum atomic E-state index is -0.412. The Kier molecular flexibility index (Phi) is 6.43. The van der Waals surface area contributed by atoms with E-state index in [9.17, 15) is 0 Å². The zero-order valence-electron chi connectivity index (χ0n) is 31.8. The third-order valence-electron chi connectivity index (χ3n) is 14.7. The third kappa shape index (κ3) is 3.90. The van der Waals surface area contributed by atoms with Gasteiger partial charge in [0.1, 0.15) is 0 Å². The van der Waals surface area contributed by atoms with E-state index in [0.29, 0.717) is 11.8 Å². The van der Waals surface area contributed by atoms with Gasteiger partial charge in [-0.15, -0.1) is 0 Å². The average molecular weight is 728 g/mol. The molecular formula is C56H41N. The topological polar surface area (TPSA) is 4.93 Å². The quantitative estimate of drug-likeness (QED) is 0.167. The largest absolute Gasteiger partial charge is 0.309 e. The second kappa shape index (κ2) is 11.6. The van der Waals surface area contributed by atoms with Gasteiger partial charge in [0.15, 0.2) is 0 Å². The van der Waals surface area contributed by atoms with Crippen LogP contribution in [-0.2, 0) is 10.8 Å². The molecule has 9 aromatic rings. The highest BCUT2D eigenvalue weighted by atomic mass is 15.0. The molecule has 0 amide bonds. The van der Waals surface area contributed by atoms with Gasteiger partial charge < -0.3 is 4.57 Å². The van der Waals surface area contributed by atoms with Crippen LogP contribution in [0, 0.1) is 5.92 Å². The minimum absolute atomic E-state index is 0.246. The van der Waals surface area contributed by atoms with E-state index in [0.717, 1.165) is 0 Å². The minimum Gasteiger partial charge on any atom is -0.309 e. The predicted octanol–water partition coefficient (Wildman–Crippen LogP) is 13.7. The Labute approximate surface area is 333 Å². The third-order valence-corrected chi connectivity index (χ3v) is 14.7. The molecule has 0 N–H and O–H groups in total. The molecule has 0 saturated heterocycles. The van der Waals surface area contributed by atoms with Crippen LogP contribution in [0.2, 0.25) is 0 Å². The van der Waals surface area contributed by atoms with E-state index in [1.54, 1.807) is 5.56 Å². The van der Waals surface area contributed by atoms with Crippen molar-refractivity contribution in [3.05, 3.63) is 233 Å². The van der Waals surface area contributed by atoms with E-state index in [4.69, 9.17) is 0 Å². The molecule has 57 heavy (non-hydrogen) atoms. The molecule has 1 heterocycles. The van der Waals surface area contributed by atoms with Crippen LogP contribution >= 0.6 is 0 Å². The number of hydrogen-bond donors (Lipinski definition) is 0. The SMILES string of the molecule is c1ccc2c(c1)-c1ccccc1C21c2ccccc2C2(c3ccccc3[C@H]3CCCCC32)c2cc(-c3ccc(-n4c5ccccc5c5ccccc54)cc3)ccc21. The van der Waals surface area contributed by atoms with Crippen LogP contribution in [0.15, 0.2) is 188 Å². The maximum absolute atomic E-state index is 2.64. The van der Waals surface area contributed by atoms with Crippen molar-refractivity contribution in [1.82, 2.24) is 4.57 Å². The first-order valence-electron chi connectivity index (χ1n) is 20.9. The Hall–Kier alpha value is -6.44. The van der Waals surface area contributed by atoms with Gasteiger partial charge in [-0.05, 0) is 122 Å². The molecule has 1 aromatic heterocycles. The highest BCUT2D eigenvalue weighted by Crippen LogP contribution is 2.70. The zero-order valence-corrected chi connectivity index (χ0v) is 31.8. The first-order valence-corrected chi connectivity index (χ1v) is 20.9. The normalized spacial score (nSPS) is 20.6. The van der Waals surface area contributed by atoms with Gasteiger partial charge in [-0.3, -0.25) is 0 Å². The monoisotopic (exact) mass is 727 g/mol. The summed E-state index contributed by atoms with van der Waals surface area (Å²) in [5.74, 6) is 1.06. The summed E-state index contributed by atoms with van der Waals surface area (Å²) in [4.78, 5) is 0. The van der Waals surface area contributed by atoms with Gasteiger partial charge in [0.05, 0.1) is 16.4 Å². The van der Waals surface area contributed by atoms with E-state index in [1.807, 2.05) is 0 Å². The fourth-order valence-electron chi connectivity index (χ4n) is 12.7. The molecule has 1 fully saturated rings. The molecule has 1 heteroatoms. The summed E-state index contributed by atoms with van der Waals surface area (Å²) in [6.07, 6.45) is 5.10. The molecule has 8 aromatic carbocycles. The number of aromatic nitrogens is 1. The molecule has 1 saturated carbocycles. The van der Waals surface area contributed by atoms with Crippen molar-refractivity contribution >= 4 is 21.8 Å². The van der Waals surface area contributed by atoms with Gasteiger partial charge in [-0.2, -0.15) is 0 Å². The fraction of sp³-hybridized carbons (Fsp3) is 0.143. The molecule has 4 aliphatic rings. The summed E-state index contributed by atoms with van der Waals surface area (Å²) in [5, 5.41) is 2.58. The summed E-state index contributed by atoms with van der Waals surface area (Å²) in [5.41, 5.74) is 20.1. The molecule has 3 atom stereocenters. The number of hydrogen-bond acceptors (Lipinski definition) is 0. The predicted molar refractivity (Wildman–Crippen MR) is 235 cm³/mol. The lowest BCUT2D eigenvalue weighted by Gasteiger charge is -2.52. The van der Waals surface area contributed by atoms with Gasteiger partial charge in [0.2, 0.25) is 0 Å². The smallest absolute Gasteiger partial charge is 0.0719 e. The molecule has 270 valence electrons. The van der Waals surface area contributed by atoms with Crippen molar-refractivity contribution < 1.29 is 0 Å². The molecule has 4 aliphatic carbocycles. The van der Waals surface area contributed by atoms with Gasteiger partial charge >= 0.3 is 0 Å². The molecule has 0 aliphatic heterocycles. The van der Waals surface area contributed by atoms with Crippen LogP contribution < -0.4 is 0 Å². The van der Waals surface area contributed by atoms with Crippen LogP contribution in [0.3, 0.4) is 0 Å². The first kappa shape index (κ1) is 31.7. The van der Waals surface area contributed by atoms with Crippen LogP contribution in [0.25, 0.3) is 49.7 Å². The Morgan fingerprint density at radius 2 is 0.930 bits per heavy atom. The average Bonchev–Trinajstić information content (AvgIpc) is 3.89. The lowest BCUT2D eigenvalue weighted by Crippen LogP contribution is -2.47. The lowest BCUT2D eigenvalue weighted by atomic mass is 9.50. The van der Waals surface area contributed by atoms with Crippen LogP contribution in [0.4, 0.5) is 0 Å². The molecular weight excluding hydrogens is 687 g/mol. The molecule has 2 spiro atoms. The zero-order chi connectivity index (χ0) is 37.3. The standard InChI is InChI=1S/C56H41N/c1-7-21-45-39(15-1)40-16-2-8-22-46(40)55(45)49-25-11-12-26-50(49)56(47-23-9-3-17-41(47)42-18-4-10-24-48(42)56)52-35-37(31-34-51(52)55)36-29-32-38(33-30-36)57-53-27-13-5-19-43(53)44-20-6-14-28-54(44)57/h1-3,5-9,11-17,19-23,25-35,42,48H,4,10,18,24H2/t42-,48?,56?/m1/s1. The second-order valence-electron chi connectivity index (χ2n) is 17.0. The summed E-state index contributed by atoms with van der Waals surface area (Å²) >= 11 is 0. The summed E-state index contributed by atoms with van der Waals surface area (Å²) in [6, 6.07) is 72.2. The van der Waals surface area contributed by atoms with Crippen LogP contribution in [0.5, 0.6) is 0 Å². The number of rotatable bonds is 2. The van der Waals surface area contributed by atoms with Gasteiger partial charge in [-0.1, -0.05) is 171 Å². The Balaban J connectivity index is 1.09. The Morgan fingerprint density at radius 3 is 1.63 bits per heavy atom. The summed E-state index contributed by atoms with van der Waals surface area (Å²) in [6.45, 7) is 0. The van der Waals surface area contributed by atoms with Gasteiger partial charge in [0.25, 0.3) is 0 Å². The molecule has 2 unspecified atom stereocenters. The van der Waals surface area contributed by atoms with E-state index < -0.39 is 5.41 Å². The van der Waals surface area contributed by atoms with Crippen molar-refractivity contribution in [2.45, 2.75) is 42.4 Å². The molecule has 0 radical (unpaired) electrons. The van der Waals surface area contributed by atoms with E-state index in [2.05, 4.69) is 193 Å². The molecule has 0 bridgehead atoms. The number of benzene rings is 8. The highest BCUT2D eigenvalue weighted by Gasteiger charge is 2.62. The maximum atomic E-state index is 2.64. The van der Waals surface area contributed by atoms with Crippen molar-refractivity contribution in [2.75, 3.05) is 0 Å². The van der Waals surface area contributed by atoms with Crippen molar-refractivity contribution in [2.24, 2.45) is 5.92 Å². The number of nitrogens with zero attached hydrogens (tertiary/aromatic N) is 1. The van der Waals surface area contributed by atoms with Crippen molar-refractivity contribution in [1.29, 1.82) is 0 Å².